The molecule has 1 nitrogen and oxygen atoms in total. The van der Waals surface area contributed by atoms with Crippen molar-refractivity contribution < 1.29 is 0 Å². The van der Waals surface area contributed by atoms with E-state index in [1.807, 2.05) is 0 Å². The molecule has 2 heteroatoms. The average molecular weight is 280 g/mol. The quantitative estimate of drug-likeness (QED) is 0.754. The highest BCUT2D eigenvalue weighted by atomic mass is 79.9. The van der Waals surface area contributed by atoms with Crippen LogP contribution in [0, 0.1) is 0 Å². The first-order chi connectivity index (χ1) is 7.92. The molecule has 2 rings (SSSR count). The van der Waals surface area contributed by atoms with Gasteiger partial charge in [0.25, 0.3) is 0 Å². The predicted octanol–water partition coefficient (Wildman–Crippen LogP) is 4.09. The maximum absolute atomic E-state index is 3.43. The Morgan fingerprint density at radius 2 is 1.88 bits per heavy atom. The minimum atomic E-state index is 0.918. The smallest absolute Gasteiger partial charge is 0.0439 e. The van der Waals surface area contributed by atoms with E-state index in [4.69, 9.17) is 0 Å². The normalized spacial score (nSPS) is 16.9. The Labute approximate surface area is 106 Å². The highest BCUT2D eigenvalue weighted by molar-refractivity contribution is 9.09. The summed E-state index contributed by atoms with van der Waals surface area (Å²) < 4.78 is 0. The van der Waals surface area contributed by atoms with Gasteiger partial charge in [-0.25, -0.2) is 0 Å². The fourth-order valence-corrected chi connectivity index (χ4v) is 2.41. The van der Waals surface area contributed by atoms with Gasteiger partial charge in [-0.1, -0.05) is 46.3 Å². The lowest BCUT2D eigenvalue weighted by atomic mass is 10.1. The third kappa shape index (κ3) is 2.88. The second kappa shape index (κ2) is 6.09. The van der Waals surface area contributed by atoms with Gasteiger partial charge < -0.3 is 4.90 Å². The summed E-state index contributed by atoms with van der Waals surface area (Å²) in [6.07, 6.45) is 8.41. The Hall–Kier alpha value is -0.760. The molecule has 86 valence electrons. The third-order valence-corrected chi connectivity index (χ3v) is 3.39. The van der Waals surface area contributed by atoms with Crippen molar-refractivity contribution in [3.63, 3.8) is 0 Å². The highest BCUT2D eigenvalue weighted by Gasteiger charge is 2.12. The van der Waals surface area contributed by atoms with Gasteiger partial charge in [0.05, 0.1) is 0 Å². The van der Waals surface area contributed by atoms with Gasteiger partial charge in [0.1, 0.15) is 0 Å². The van der Waals surface area contributed by atoms with Gasteiger partial charge in [0.15, 0.2) is 0 Å². The molecule has 1 aliphatic rings. The van der Waals surface area contributed by atoms with Crippen LogP contribution in [0.4, 0.5) is 5.69 Å². The van der Waals surface area contributed by atoms with E-state index in [1.54, 1.807) is 0 Å². The second-order valence-electron chi connectivity index (χ2n) is 4.16. The van der Waals surface area contributed by atoms with Crippen LogP contribution in [0.1, 0.15) is 24.8 Å². The summed E-state index contributed by atoms with van der Waals surface area (Å²) in [5.41, 5.74) is 2.73. The number of nitrogens with zero attached hydrogens (tertiary/aromatic N) is 1. The Bertz CT molecular complexity index is 354. The van der Waals surface area contributed by atoms with Crippen molar-refractivity contribution >= 4 is 27.7 Å². The molecule has 1 aromatic rings. The molecular weight excluding hydrogens is 262 g/mol. The lowest BCUT2D eigenvalue weighted by Gasteiger charge is -2.30. The molecule has 0 aromatic heterocycles. The lowest BCUT2D eigenvalue weighted by molar-refractivity contribution is 0.577. The first-order valence-electron chi connectivity index (χ1n) is 5.98. The van der Waals surface area contributed by atoms with E-state index in [0.29, 0.717) is 0 Å². The number of anilines is 1. The van der Waals surface area contributed by atoms with Crippen molar-refractivity contribution in [2.45, 2.75) is 19.3 Å². The number of benzene rings is 1. The number of hydrogen-bond acceptors (Lipinski definition) is 1. The molecule has 0 unspecified atom stereocenters. The van der Waals surface area contributed by atoms with Gasteiger partial charge in [-0.05, 0) is 30.9 Å². The van der Waals surface area contributed by atoms with Gasteiger partial charge in [-0.2, -0.15) is 0 Å². The van der Waals surface area contributed by atoms with Crippen molar-refractivity contribution in [3.8, 4) is 0 Å². The molecule has 1 fully saturated rings. The van der Waals surface area contributed by atoms with Crippen LogP contribution in [0.25, 0.3) is 6.08 Å². The summed E-state index contributed by atoms with van der Waals surface area (Å²) in [5.74, 6) is 0. The number of hydrogen-bond donors (Lipinski definition) is 0. The summed E-state index contributed by atoms with van der Waals surface area (Å²) in [5, 5.41) is 0.918. The minimum Gasteiger partial charge on any atom is -0.371 e. The van der Waals surface area contributed by atoms with Gasteiger partial charge in [-0.3, -0.25) is 0 Å². The van der Waals surface area contributed by atoms with Crippen LogP contribution in [0.5, 0.6) is 0 Å². The zero-order valence-corrected chi connectivity index (χ0v) is 11.1. The molecule has 0 atom stereocenters. The van der Waals surface area contributed by atoms with Gasteiger partial charge >= 0.3 is 0 Å². The lowest BCUT2D eigenvalue weighted by Crippen LogP contribution is -2.29. The molecule has 1 aliphatic heterocycles. The molecule has 1 saturated heterocycles. The standard InChI is InChI=1S/C14H18BrN/c15-10-6-8-13-7-2-3-9-14(13)16-11-4-1-5-12-16/h2-3,6-9H,1,4-5,10-12H2. The van der Waals surface area contributed by atoms with Crippen molar-refractivity contribution in [3.05, 3.63) is 35.9 Å². The second-order valence-corrected chi connectivity index (χ2v) is 4.81. The van der Waals surface area contributed by atoms with E-state index in [1.165, 1.54) is 43.6 Å². The average Bonchev–Trinajstić information content (AvgIpc) is 2.38. The first kappa shape index (κ1) is 11.7. The van der Waals surface area contributed by atoms with Crippen molar-refractivity contribution in [2.24, 2.45) is 0 Å². The van der Waals surface area contributed by atoms with E-state index in [0.717, 1.165) is 5.33 Å². The maximum Gasteiger partial charge on any atom is 0.0439 e. The van der Waals surface area contributed by atoms with Crippen molar-refractivity contribution in [1.29, 1.82) is 0 Å². The summed E-state index contributed by atoms with van der Waals surface area (Å²) >= 11 is 3.43. The monoisotopic (exact) mass is 279 g/mol. The molecular formula is C14H18BrN. The van der Waals surface area contributed by atoms with Gasteiger partial charge in [-0.15, -0.1) is 0 Å². The summed E-state index contributed by atoms with van der Waals surface area (Å²) in [4.78, 5) is 2.51. The van der Waals surface area contributed by atoms with Gasteiger partial charge in [0, 0.05) is 24.1 Å². The maximum atomic E-state index is 3.43. The number of rotatable bonds is 3. The van der Waals surface area contributed by atoms with Crippen LogP contribution < -0.4 is 4.90 Å². The molecule has 0 radical (unpaired) electrons. The number of piperidine rings is 1. The summed E-state index contributed by atoms with van der Waals surface area (Å²) in [6, 6.07) is 8.68. The van der Waals surface area contributed by atoms with Crippen molar-refractivity contribution in [2.75, 3.05) is 23.3 Å². The molecule has 1 aromatic carbocycles. The van der Waals surface area contributed by atoms with E-state index in [2.05, 4.69) is 57.2 Å². The molecule has 1 heterocycles. The Kier molecular flexibility index (Phi) is 4.46. The summed E-state index contributed by atoms with van der Waals surface area (Å²) in [6.45, 7) is 2.42. The summed E-state index contributed by atoms with van der Waals surface area (Å²) in [7, 11) is 0. The zero-order valence-electron chi connectivity index (χ0n) is 9.53. The number of para-hydroxylation sites is 1. The van der Waals surface area contributed by atoms with E-state index in [-0.39, 0.29) is 0 Å². The molecule has 0 aliphatic carbocycles. The first-order valence-corrected chi connectivity index (χ1v) is 7.10. The fraction of sp³-hybridized carbons (Fsp3) is 0.429. The predicted molar refractivity (Wildman–Crippen MR) is 75.3 cm³/mol. The third-order valence-electron chi connectivity index (χ3n) is 3.02. The van der Waals surface area contributed by atoms with Crippen LogP contribution in [0.2, 0.25) is 0 Å². The topological polar surface area (TPSA) is 3.24 Å². The highest BCUT2D eigenvalue weighted by Crippen LogP contribution is 2.25. The largest absolute Gasteiger partial charge is 0.371 e. The number of alkyl halides is 1. The Balaban J connectivity index is 2.20. The van der Waals surface area contributed by atoms with Crippen molar-refractivity contribution in [1.82, 2.24) is 0 Å². The molecule has 0 spiro atoms. The van der Waals surface area contributed by atoms with Crippen LogP contribution in [-0.2, 0) is 0 Å². The zero-order chi connectivity index (χ0) is 11.2. The number of allylic oxidation sites excluding steroid dienone is 1. The Morgan fingerprint density at radius 1 is 1.12 bits per heavy atom. The SMILES string of the molecule is BrCC=Cc1ccccc1N1CCCCC1. The molecule has 0 N–H and O–H groups in total. The van der Waals surface area contributed by atoms with Crippen LogP contribution >= 0.6 is 15.9 Å². The molecule has 0 amide bonds. The van der Waals surface area contributed by atoms with E-state index in [9.17, 15) is 0 Å². The fourth-order valence-electron chi connectivity index (χ4n) is 2.22. The molecule has 16 heavy (non-hydrogen) atoms. The Morgan fingerprint density at radius 3 is 2.62 bits per heavy atom. The number of halogens is 1. The minimum absolute atomic E-state index is 0.918. The molecule has 0 saturated carbocycles. The molecule has 0 bridgehead atoms. The van der Waals surface area contributed by atoms with E-state index >= 15 is 0 Å². The van der Waals surface area contributed by atoms with Gasteiger partial charge in [0.2, 0.25) is 0 Å². The van der Waals surface area contributed by atoms with E-state index < -0.39 is 0 Å². The van der Waals surface area contributed by atoms with Crippen LogP contribution in [0.3, 0.4) is 0 Å². The van der Waals surface area contributed by atoms with Crippen LogP contribution in [-0.4, -0.2) is 18.4 Å². The van der Waals surface area contributed by atoms with Crippen LogP contribution in [0.15, 0.2) is 30.3 Å².